The predicted octanol–water partition coefficient (Wildman–Crippen LogP) is 3.89. The zero-order valence-electron chi connectivity index (χ0n) is 17.3. The number of piperazine rings is 1. The van der Waals surface area contributed by atoms with Crippen molar-refractivity contribution in [3.63, 3.8) is 0 Å². The van der Waals surface area contributed by atoms with Crippen LogP contribution >= 0.6 is 24.8 Å². The molecule has 6 nitrogen and oxygen atoms in total. The van der Waals surface area contributed by atoms with Crippen LogP contribution in [0.2, 0.25) is 0 Å². The predicted molar refractivity (Wildman–Crippen MR) is 121 cm³/mol. The van der Waals surface area contributed by atoms with Gasteiger partial charge in [0, 0.05) is 38.4 Å². The Kier molecular flexibility index (Phi) is 10.2. The Morgan fingerprint density at radius 2 is 1.28 bits per heavy atom. The molecule has 0 amide bonds. The van der Waals surface area contributed by atoms with Crippen LogP contribution in [0, 0.1) is 0 Å². The number of benzene rings is 2. The normalized spacial score (nSPS) is 13.7. The first-order chi connectivity index (χ1) is 13.2. The van der Waals surface area contributed by atoms with Crippen LogP contribution in [0.25, 0.3) is 0 Å². The van der Waals surface area contributed by atoms with Crippen LogP contribution in [0.3, 0.4) is 0 Å². The Morgan fingerprint density at radius 1 is 0.724 bits per heavy atom. The van der Waals surface area contributed by atoms with Crippen molar-refractivity contribution < 1.29 is 18.9 Å². The van der Waals surface area contributed by atoms with Crippen molar-refractivity contribution in [1.29, 1.82) is 0 Å². The Morgan fingerprint density at radius 3 is 1.72 bits per heavy atom. The second kappa shape index (κ2) is 11.9. The highest BCUT2D eigenvalue weighted by Gasteiger charge is 2.19. The summed E-state index contributed by atoms with van der Waals surface area (Å²) in [5, 5.41) is 0. The fraction of sp³-hybridized carbons (Fsp3) is 0.429. The van der Waals surface area contributed by atoms with Crippen molar-refractivity contribution in [3.05, 3.63) is 42.0 Å². The fourth-order valence-corrected chi connectivity index (χ4v) is 3.44. The lowest BCUT2D eigenvalue weighted by molar-refractivity contribution is 0.248. The second-order valence-electron chi connectivity index (χ2n) is 6.49. The molecule has 0 N–H and O–H groups in total. The molecule has 1 saturated heterocycles. The molecular formula is C21H30Cl2N2O4. The molecule has 0 atom stereocenters. The van der Waals surface area contributed by atoms with E-state index >= 15 is 0 Å². The molecule has 0 aliphatic carbocycles. The summed E-state index contributed by atoms with van der Waals surface area (Å²) in [6.45, 7) is 4.85. The van der Waals surface area contributed by atoms with Crippen LogP contribution in [0.5, 0.6) is 23.0 Å². The number of nitrogens with zero attached hydrogens (tertiary/aromatic N) is 2. The zero-order valence-corrected chi connectivity index (χ0v) is 19.0. The number of anilines is 1. The summed E-state index contributed by atoms with van der Waals surface area (Å²) in [7, 11) is 6.61. The Bertz CT molecular complexity index is 726. The van der Waals surface area contributed by atoms with Crippen molar-refractivity contribution in [1.82, 2.24) is 4.90 Å². The molecule has 0 radical (unpaired) electrons. The van der Waals surface area contributed by atoms with Crippen LogP contribution < -0.4 is 23.8 Å². The molecule has 1 aliphatic heterocycles. The SMILES string of the molecule is COc1ccc(N2CCN(Cc3cc(OC)c(OC)c(OC)c3)CC2)cc1.Cl.Cl. The number of halogens is 2. The van der Waals surface area contributed by atoms with Gasteiger partial charge in [0.2, 0.25) is 5.75 Å². The third-order valence-corrected chi connectivity index (χ3v) is 4.94. The lowest BCUT2D eigenvalue weighted by atomic mass is 10.1. The van der Waals surface area contributed by atoms with Gasteiger partial charge >= 0.3 is 0 Å². The molecule has 0 unspecified atom stereocenters. The molecule has 0 aromatic heterocycles. The van der Waals surface area contributed by atoms with Gasteiger partial charge < -0.3 is 23.8 Å². The molecule has 1 fully saturated rings. The molecule has 0 saturated carbocycles. The summed E-state index contributed by atoms with van der Waals surface area (Å²) in [5.74, 6) is 2.92. The molecule has 2 aromatic rings. The number of ether oxygens (including phenoxy) is 4. The number of hydrogen-bond acceptors (Lipinski definition) is 6. The minimum atomic E-state index is 0. The largest absolute Gasteiger partial charge is 0.497 e. The Labute approximate surface area is 185 Å². The van der Waals surface area contributed by atoms with Crippen LogP contribution in [-0.4, -0.2) is 59.5 Å². The first kappa shape index (κ1) is 25.0. The molecule has 2 aromatic carbocycles. The maximum absolute atomic E-state index is 5.46. The topological polar surface area (TPSA) is 43.4 Å². The first-order valence-corrected chi connectivity index (χ1v) is 9.08. The van der Waals surface area contributed by atoms with Gasteiger partial charge in [0.25, 0.3) is 0 Å². The highest BCUT2D eigenvalue weighted by Crippen LogP contribution is 2.38. The van der Waals surface area contributed by atoms with E-state index in [-0.39, 0.29) is 24.8 Å². The van der Waals surface area contributed by atoms with Gasteiger partial charge in [-0.1, -0.05) is 0 Å². The molecule has 0 spiro atoms. The van der Waals surface area contributed by atoms with E-state index < -0.39 is 0 Å². The molecule has 162 valence electrons. The van der Waals surface area contributed by atoms with Gasteiger partial charge in [-0.05, 0) is 42.0 Å². The van der Waals surface area contributed by atoms with E-state index in [1.165, 1.54) is 5.69 Å². The van der Waals surface area contributed by atoms with E-state index in [1.54, 1.807) is 28.4 Å². The van der Waals surface area contributed by atoms with E-state index in [2.05, 4.69) is 21.9 Å². The summed E-state index contributed by atoms with van der Waals surface area (Å²) in [6, 6.07) is 12.3. The standard InChI is InChI=1S/C21H28N2O4.2ClH/c1-24-18-7-5-17(6-8-18)23-11-9-22(10-12-23)15-16-13-19(25-2)21(27-4)20(14-16)26-3;;/h5-8,13-14H,9-12,15H2,1-4H3;2*1H. The van der Waals surface area contributed by atoms with Crippen molar-refractivity contribution in [3.8, 4) is 23.0 Å². The zero-order chi connectivity index (χ0) is 19.2. The van der Waals surface area contributed by atoms with Crippen molar-refractivity contribution in [2.24, 2.45) is 0 Å². The van der Waals surface area contributed by atoms with Gasteiger partial charge in [0.1, 0.15) is 5.75 Å². The van der Waals surface area contributed by atoms with Crippen molar-refractivity contribution in [2.75, 3.05) is 59.5 Å². The minimum Gasteiger partial charge on any atom is -0.497 e. The lowest BCUT2D eigenvalue weighted by Crippen LogP contribution is -2.45. The molecule has 8 heteroatoms. The second-order valence-corrected chi connectivity index (χ2v) is 6.49. The van der Waals surface area contributed by atoms with E-state index in [9.17, 15) is 0 Å². The third kappa shape index (κ3) is 5.98. The van der Waals surface area contributed by atoms with Gasteiger partial charge in [-0.3, -0.25) is 4.90 Å². The van der Waals surface area contributed by atoms with Gasteiger partial charge in [0.15, 0.2) is 11.5 Å². The van der Waals surface area contributed by atoms with E-state index in [1.807, 2.05) is 24.3 Å². The van der Waals surface area contributed by atoms with Crippen LogP contribution in [0.15, 0.2) is 36.4 Å². The fourth-order valence-electron chi connectivity index (χ4n) is 3.44. The monoisotopic (exact) mass is 444 g/mol. The summed E-state index contributed by atoms with van der Waals surface area (Å²) in [6.07, 6.45) is 0. The van der Waals surface area contributed by atoms with Gasteiger partial charge in [0.05, 0.1) is 28.4 Å². The average Bonchev–Trinajstić information content (AvgIpc) is 2.73. The van der Waals surface area contributed by atoms with Crippen LogP contribution in [0.1, 0.15) is 5.56 Å². The molecule has 1 aliphatic rings. The molecule has 0 bridgehead atoms. The highest BCUT2D eigenvalue weighted by atomic mass is 35.5. The van der Waals surface area contributed by atoms with Gasteiger partial charge in [-0.15, -0.1) is 24.8 Å². The van der Waals surface area contributed by atoms with E-state index in [0.717, 1.165) is 44.0 Å². The number of rotatable bonds is 7. The smallest absolute Gasteiger partial charge is 0.203 e. The van der Waals surface area contributed by atoms with Gasteiger partial charge in [-0.25, -0.2) is 0 Å². The third-order valence-electron chi connectivity index (χ3n) is 4.94. The maximum Gasteiger partial charge on any atom is 0.203 e. The summed E-state index contributed by atoms with van der Waals surface area (Å²) in [4.78, 5) is 4.85. The summed E-state index contributed by atoms with van der Waals surface area (Å²) in [5.41, 5.74) is 2.39. The van der Waals surface area contributed by atoms with Crippen LogP contribution in [-0.2, 0) is 6.54 Å². The van der Waals surface area contributed by atoms with Crippen molar-refractivity contribution in [2.45, 2.75) is 6.54 Å². The molecule has 3 rings (SSSR count). The summed E-state index contributed by atoms with van der Waals surface area (Å²) >= 11 is 0. The molecule has 1 heterocycles. The quantitative estimate of drug-likeness (QED) is 0.645. The maximum atomic E-state index is 5.46. The van der Waals surface area contributed by atoms with Gasteiger partial charge in [-0.2, -0.15) is 0 Å². The van der Waals surface area contributed by atoms with E-state index in [4.69, 9.17) is 18.9 Å². The van der Waals surface area contributed by atoms with E-state index in [0.29, 0.717) is 17.2 Å². The van der Waals surface area contributed by atoms with Crippen molar-refractivity contribution >= 4 is 30.5 Å². The Balaban J connectivity index is 0.00000210. The lowest BCUT2D eigenvalue weighted by Gasteiger charge is -2.36. The average molecular weight is 445 g/mol. The number of hydrogen-bond donors (Lipinski definition) is 0. The minimum absolute atomic E-state index is 0. The molecular weight excluding hydrogens is 415 g/mol. The summed E-state index contributed by atoms with van der Waals surface area (Å²) < 4.78 is 21.6. The highest BCUT2D eigenvalue weighted by molar-refractivity contribution is 5.85. The number of methoxy groups -OCH3 is 4. The first-order valence-electron chi connectivity index (χ1n) is 9.08. The Hall–Kier alpha value is -2.02. The molecule has 29 heavy (non-hydrogen) atoms. The van der Waals surface area contributed by atoms with Crippen LogP contribution in [0.4, 0.5) is 5.69 Å².